The van der Waals surface area contributed by atoms with Crippen molar-refractivity contribution in [3.8, 4) is 0 Å². The third-order valence-electron chi connectivity index (χ3n) is 11.7. The molecule has 0 radical (unpaired) electrons. The van der Waals surface area contributed by atoms with Gasteiger partial charge in [0.2, 0.25) is 0 Å². The number of allylic oxidation sites excluding steroid dienone is 2. The van der Waals surface area contributed by atoms with E-state index in [0.717, 1.165) is 50.5 Å². The molecule has 1 N–H and O–H groups in total. The number of aliphatic carboxylic acids is 1. The first-order chi connectivity index (χ1) is 26.7. The van der Waals surface area contributed by atoms with Crippen LogP contribution in [-0.4, -0.2) is 17.2 Å². The Bertz CT molecular complexity index is 911. The van der Waals surface area contributed by atoms with Gasteiger partial charge >= 0.3 is 5.97 Å². The average Bonchev–Trinajstić information content (AvgIpc) is 3.18. The lowest BCUT2D eigenvalue weighted by Gasteiger charge is -2.25. The summed E-state index contributed by atoms with van der Waals surface area (Å²) in [6.07, 6.45) is 53.1. The second kappa shape index (κ2) is 41.0. The fourth-order valence-corrected chi connectivity index (χ4v) is 8.04. The number of carbonyl (C=O) groups is 1. The van der Waals surface area contributed by atoms with Gasteiger partial charge in [0.25, 0.3) is 0 Å². The van der Waals surface area contributed by atoms with Gasteiger partial charge in [-0.1, -0.05) is 255 Å². The molecule has 3 heteroatoms. The molecule has 0 unspecified atom stereocenters. The lowest BCUT2D eigenvalue weighted by atomic mass is 9.91. The van der Waals surface area contributed by atoms with Crippen LogP contribution in [0.3, 0.4) is 0 Å². The van der Waals surface area contributed by atoms with E-state index in [-0.39, 0.29) is 6.10 Å². The Labute approximate surface area is 337 Å². The van der Waals surface area contributed by atoms with E-state index < -0.39 is 11.9 Å². The van der Waals surface area contributed by atoms with Gasteiger partial charge in [-0.05, 0) is 44.1 Å². The summed E-state index contributed by atoms with van der Waals surface area (Å²) in [5.41, 5.74) is 1.12. The summed E-state index contributed by atoms with van der Waals surface area (Å²) in [5, 5.41) is 10.3. The summed E-state index contributed by atoms with van der Waals surface area (Å²) in [7, 11) is 0. The summed E-state index contributed by atoms with van der Waals surface area (Å²) in [5.74, 6) is -1.10. The average molecular weight is 753 g/mol. The summed E-state index contributed by atoms with van der Waals surface area (Å²) >= 11 is 0. The standard InChI is InChI=1S/C51H92O3/c1-3-5-7-9-11-13-15-17-19-21-23-25-27-29-31-33-35-37-42-46-50(54-47-48-43-39-38-40-44-48)49(51(52)53)45-41-36-34-32-30-28-26-24-22-20-18-16-14-12-10-8-6-4-2/h31,33,38-40,43-44,49-50H,3-30,32,34-37,41-42,45-47H2,1-2H3,(H,52,53)/b33-31-/t49-,50-/m1/s1. The first-order valence-electron chi connectivity index (χ1n) is 24.2. The van der Waals surface area contributed by atoms with Crippen LogP contribution in [0.15, 0.2) is 42.5 Å². The highest BCUT2D eigenvalue weighted by Gasteiger charge is 2.28. The number of hydrogen-bond acceptors (Lipinski definition) is 2. The summed E-state index contributed by atoms with van der Waals surface area (Å²) in [4.78, 5) is 12.5. The smallest absolute Gasteiger partial charge is 0.309 e. The quantitative estimate of drug-likeness (QED) is 0.0534. The van der Waals surface area contributed by atoms with Crippen LogP contribution < -0.4 is 0 Å². The minimum absolute atomic E-state index is 0.219. The molecule has 1 aromatic rings. The predicted octanol–water partition coefficient (Wildman–Crippen LogP) is 17.3. The summed E-state index contributed by atoms with van der Waals surface area (Å²) < 4.78 is 6.38. The van der Waals surface area contributed by atoms with Crippen molar-refractivity contribution < 1.29 is 14.6 Å². The van der Waals surface area contributed by atoms with Crippen LogP contribution in [0.2, 0.25) is 0 Å². The predicted molar refractivity (Wildman–Crippen MR) is 237 cm³/mol. The van der Waals surface area contributed by atoms with Gasteiger partial charge in [0.15, 0.2) is 0 Å². The van der Waals surface area contributed by atoms with Crippen molar-refractivity contribution in [1.82, 2.24) is 0 Å². The molecule has 0 fully saturated rings. The number of ether oxygens (including phenoxy) is 1. The van der Waals surface area contributed by atoms with Gasteiger partial charge < -0.3 is 9.84 Å². The Balaban J connectivity index is 2.17. The normalized spacial score (nSPS) is 12.9. The Hall–Kier alpha value is -1.61. The van der Waals surface area contributed by atoms with Crippen molar-refractivity contribution in [2.24, 2.45) is 5.92 Å². The largest absolute Gasteiger partial charge is 0.481 e. The van der Waals surface area contributed by atoms with Crippen LogP contribution in [0, 0.1) is 5.92 Å². The second-order valence-corrected chi connectivity index (χ2v) is 16.9. The van der Waals surface area contributed by atoms with E-state index in [1.165, 1.54) is 193 Å². The van der Waals surface area contributed by atoms with E-state index in [1.54, 1.807) is 0 Å². The monoisotopic (exact) mass is 753 g/mol. The lowest BCUT2D eigenvalue weighted by Crippen LogP contribution is -2.31. The van der Waals surface area contributed by atoms with Gasteiger partial charge in [-0.25, -0.2) is 0 Å². The van der Waals surface area contributed by atoms with Crippen LogP contribution >= 0.6 is 0 Å². The maximum Gasteiger partial charge on any atom is 0.309 e. The number of benzene rings is 1. The van der Waals surface area contributed by atoms with Crippen molar-refractivity contribution >= 4 is 5.97 Å². The Morgan fingerprint density at radius 1 is 0.481 bits per heavy atom. The second-order valence-electron chi connectivity index (χ2n) is 16.9. The van der Waals surface area contributed by atoms with Crippen molar-refractivity contribution in [2.75, 3.05) is 0 Å². The molecule has 0 aliphatic rings. The number of carboxylic acids is 1. The Morgan fingerprint density at radius 3 is 1.20 bits per heavy atom. The van der Waals surface area contributed by atoms with Crippen LogP contribution in [0.1, 0.15) is 257 Å². The van der Waals surface area contributed by atoms with Gasteiger partial charge in [-0.2, -0.15) is 0 Å². The van der Waals surface area contributed by atoms with E-state index in [1.807, 2.05) is 18.2 Å². The molecule has 54 heavy (non-hydrogen) atoms. The molecule has 0 aliphatic heterocycles. The van der Waals surface area contributed by atoms with Crippen LogP contribution in [-0.2, 0) is 16.1 Å². The third kappa shape index (κ3) is 33.7. The Morgan fingerprint density at radius 2 is 0.815 bits per heavy atom. The van der Waals surface area contributed by atoms with Crippen molar-refractivity contribution in [3.05, 3.63) is 48.0 Å². The van der Waals surface area contributed by atoms with Crippen LogP contribution in [0.4, 0.5) is 0 Å². The number of unbranched alkanes of at least 4 members (excludes halogenated alkanes) is 32. The highest BCUT2D eigenvalue weighted by atomic mass is 16.5. The number of carboxylic acid groups (broad SMARTS) is 1. The van der Waals surface area contributed by atoms with E-state index >= 15 is 0 Å². The first kappa shape index (κ1) is 50.4. The number of hydrogen-bond donors (Lipinski definition) is 1. The highest BCUT2D eigenvalue weighted by Crippen LogP contribution is 2.24. The van der Waals surface area contributed by atoms with E-state index in [0.29, 0.717) is 6.61 Å². The molecule has 0 heterocycles. The molecule has 0 saturated carbocycles. The summed E-state index contributed by atoms with van der Waals surface area (Å²) in [6.45, 7) is 5.08. The molecule has 1 rings (SSSR count). The van der Waals surface area contributed by atoms with Gasteiger partial charge in [-0.3, -0.25) is 4.79 Å². The van der Waals surface area contributed by atoms with Crippen molar-refractivity contribution in [2.45, 2.75) is 264 Å². The molecule has 314 valence electrons. The maximum atomic E-state index is 12.5. The minimum atomic E-state index is -0.683. The van der Waals surface area contributed by atoms with E-state index in [9.17, 15) is 9.90 Å². The molecule has 0 saturated heterocycles. The SMILES string of the molecule is CCCCCCCCCCCCCCC/C=C\CCCC[C@@H](OCc1ccccc1)[C@@H](CCCCCCCCCCCCCCCCCCCC)C(=O)O. The zero-order chi connectivity index (χ0) is 38.8. The molecule has 0 aromatic heterocycles. The molecular formula is C51H92O3. The fraction of sp³-hybridized carbons (Fsp3) is 0.824. The van der Waals surface area contributed by atoms with Gasteiger partial charge in [0.1, 0.15) is 0 Å². The van der Waals surface area contributed by atoms with Gasteiger partial charge in [-0.15, -0.1) is 0 Å². The molecule has 0 spiro atoms. The molecule has 0 aliphatic carbocycles. The summed E-state index contributed by atoms with van der Waals surface area (Å²) in [6, 6.07) is 10.2. The first-order valence-corrected chi connectivity index (χ1v) is 24.2. The van der Waals surface area contributed by atoms with E-state index in [2.05, 4.69) is 38.1 Å². The maximum absolute atomic E-state index is 12.5. The Kier molecular flexibility index (Phi) is 38.3. The zero-order valence-electron chi connectivity index (χ0n) is 36.3. The lowest BCUT2D eigenvalue weighted by molar-refractivity contribution is -0.149. The fourth-order valence-electron chi connectivity index (χ4n) is 8.04. The van der Waals surface area contributed by atoms with Crippen molar-refractivity contribution in [1.29, 1.82) is 0 Å². The van der Waals surface area contributed by atoms with E-state index in [4.69, 9.17) is 4.74 Å². The zero-order valence-corrected chi connectivity index (χ0v) is 36.3. The molecule has 1 aromatic carbocycles. The highest BCUT2D eigenvalue weighted by molar-refractivity contribution is 5.70. The molecule has 3 nitrogen and oxygen atoms in total. The molecule has 0 bridgehead atoms. The van der Waals surface area contributed by atoms with Crippen LogP contribution in [0.25, 0.3) is 0 Å². The molecular weight excluding hydrogens is 661 g/mol. The van der Waals surface area contributed by atoms with Crippen molar-refractivity contribution in [3.63, 3.8) is 0 Å². The third-order valence-corrected chi connectivity index (χ3v) is 11.7. The minimum Gasteiger partial charge on any atom is -0.481 e. The van der Waals surface area contributed by atoms with Crippen LogP contribution in [0.5, 0.6) is 0 Å². The topological polar surface area (TPSA) is 46.5 Å². The number of rotatable bonds is 43. The molecule has 2 atom stereocenters. The van der Waals surface area contributed by atoms with Gasteiger partial charge in [0.05, 0.1) is 18.6 Å². The molecule has 0 amide bonds. The van der Waals surface area contributed by atoms with Gasteiger partial charge in [0, 0.05) is 0 Å².